The Morgan fingerprint density at radius 2 is 1.96 bits per heavy atom. The second-order valence-corrected chi connectivity index (χ2v) is 7.80. The fourth-order valence-corrected chi connectivity index (χ4v) is 5.00. The first kappa shape index (κ1) is 19.7. The second kappa shape index (κ2) is 7.90. The lowest BCUT2D eigenvalue weighted by molar-refractivity contribution is -0.129. The summed E-state index contributed by atoms with van der Waals surface area (Å²) >= 11 is 0. The van der Waals surface area contributed by atoms with Crippen molar-refractivity contribution in [2.24, 2.45) is 5.73 Å². The van der Waals surface area contributed by atoms with Crippen LogP contribution in [0, 0.1) is 11.8 Å². The third kappa shape index (κ3) is 3.66. The number of nitrogens with one attached hydrogen (secondary N) is 1. The van der Waals surface area contributed by atoms with Crippen molar-refractivity contribution in [3.63, 3.8) is 0 Å². The lowest BCUT2D eigenvalue weighted by Crippen LogP contribution is -2.32. The van der Waals surface area contributed by atoms with Gasteiger partial charge in [-0.2, -0.15) is 0 Å². The van der Waals surface area contributed by atoms with Crippen molar-refractivity contribution in [1.29, 1.82) is 0 Å². The number of amides is 1. The Morgan fingerprint density at radius 3 is 2.61 bits per heavy atom. The quantitative estimate of drug-likeness (QED) is 0.302. The van der Waals surface area contributed by atoms with Gasteiger partial charge >= 0.3 is 0 Å². The number of hydrogen-bond donors (Lipinski definition) is 3. The van der Waals surface area contributed by atoms with Crippen LogP contribution in [0.4, 0.5) is 5.69 Å². The summed E-state index contributed by atoms with van der Waals surface area (Å²) in [6.07, 6.45) is -1.03. The number of rotatable bonds is 5. The summed E-state index contributed by atoms with van der Waals surface area (Å²) < 4.78 is 32.8. The van der Waals surface area contributed by atoms with Gasteiger partial charge in [0.15, 0.2) is 0 Å². The summed E-state index contributed by atoms with van der Waals surface area (Å²) in [5.74, 6) is 5.04. The van der Waals surface area contributed by atoms with Crippen LogP contribution in [0.15, 0.2) is 53.4 Å². The standard InChI is InChI=1S/C19H19N3O5S/c1-2-5-18(20)27-14-10-8-13(9-11-14)22-16(12-19(23)21-24)15-6-3-4-7-17(15)28(22,25)26/h3-4,6-11,16,18,24H,12,20H2,1H3,(H,21,23). The highest BCUT2D eigenvalue weighted by molar-refractivity contribution is 7.93. The molecular weight excluding hydrogens is 382 g/mol. The van der Waals surface area contributed by atoms with Gasteiger partial charge in [0.2, 0.25) is 12.1 Å². The molecule has 2 aromatic carbocycles. The van der Waals surface area contributed by atoms with Gasteiger partial charge in [0, 0.05) is 0 Å². The number of carbonyl (C=O) groups is 1. The van der Waals surface area contributed by atoms with Crippen molar-refractivity contribution >= 4 is 21.6 Å². The minimum absolute atomic E-state index is 0.131. The molecule has 0 fully saturated rings. The number of hydroxylamine groups is 1. The van der Waals surface area contributed by atoms with Crippen molar-refractivity contribution in [1.82, 2.24) is 5.48 Å². The van der Waals surface area contributed by atoms with E-state index < -0.39 is 28.2 Å². The maximum absolute atomic E-state index is 13.1. The van der Waals surface area contributed by atoms with E-state index in [1.807, 2.05) is 0 Å². The zero-order valence-electron chi connectivity index (χ0n) is 15.0. The average molecular weight is 401 g/mol. The zero-order chi connectivity index (χ0) is 20.3. The van der Waals surface area contributed by atoms with E-state index in [0.29, 0.717) is 17.0 Å². The van der Waals surface area contributed by atoms with E-state index in [0.717, 1.165) is 0 Å². The molecule has 1 amide bonds. The van der Waals surface area contributed by atoms with Gasteiger partial charge < -0.3 is 4.74 Å². The van der Waals surface area contributed by atoms with Crippen LogP contribution in [0.5, 0.6) is 5.75 Å². The molecule has 0 spiro atoms. The van der Waals surface area contributed by atoms with E-state index in [4.69, 9.17) is 15.7 Å². The van der Waals surface area contributed by atoms with Gasteiger partial charge in [-0.05, 0) is 48.7 Å². The van der Waals surface area contributed by atoms with E-state index in [-0.39, 0.29) is 11.3 Å². The molecule has 2 atom stereocenters. The average Bonchev–Trinajstić information content (AvgIpc) is 2.90. The molecule has 4 N–H and O–H groups in total. The van der Waals surface area contributed by atoms with Gasteiger partial charge in [-0.25, -0.2) is 13.9 Å². The number of hydrogen-bond acceptors (Lipinski definition) is 6. The summed E-state index contributed by atoms with van der Waals surface area (Å²) in [4.78, 5) is 11.9. The Bertz CT molecular complexity index is 1040. The van der Waals surface area contributed by atoms with Gasteiger partial charge in [-0.1, -0.05) is 18.2 Å². The SMILES string of the molecule is CC#CC(N)Oc1ccc(N2C(CC(=O)NO)c3ccccc3S2(=O)=O)cc1. The molecule has 3 rings (SSSR count). The van der Waals surface area contributed by atoms with Gasteiger partial charge in [0.25, 0.3) is 10.0 Å². The molecule has 1 heterocycles. The number of fused-ring (bicyclic) bond motifs is 1. The summed E-state index contributed by atoms with van der Waals surface area (Å²) in [5.41, 5.74) is 8.10. The van der Waals surface area contributed by atoms with Crippen LogP contribution in [0.3, 0.4) is 0 Å². The molecule has 2 unspecified atom stereocenters. The van der Waals surface area contributed by atoms with Crippen molar-refractivity contribution in [2.45, 2.75) is 30.5 Å². The second-order valence-electron chi connectivity index (χ2n) is 6.02. The monoisotopic (exact) mass is 401 g/mol. The molecule has 146 valence electrons. The Morgan fingerprint density at radius 1 is 1.29 bits per heavy atom. The first-order valence-corrected chi connectivity index (χ1v) is 9.83. The lowest BCUT2D eigenvalue weighted by atomic mass is 10.0. The van der Waals surface area contributed by atoms with E-state index >= 15 is 0 Å². The Balaban J connectivity index is 1.98. The largest absolute Gasteiger partial charge is 0.464 e. The molecule has 0 radical (unpaired) electrons. The van der Waals surface area contributed by atoms with Crippen LogP contribution in [0.1, 0.15) is 24.9 Å². The number of sulfonamides is 1. The predicted octanol–water partition coefficient (Wildman–Crippen LogP) is 1.52. The van der Waals surface area contributed by atoms with Gasteiger partial charge in [-0.3, -0.25) is 20.0 Å². The number of nitrogens with two attached hydrogens (primary N) is 1. The Kier molecular flexibility index (Phi) is 5.56. The van der Waals surface area contributed by atoms with Crippen molar-refractivity contribution in [2.75, 3.05) is 4.31 Å². The minimum atomic E-state index is -3.86. The fourth-order valence-electron chi connectivity index (χ4n) is 3.11. The number of nitrogens with zero attached hydrogens (tertiary/aromatic N) is 1. The third-order valence-electron chi connectivity index (χ3n) is 4.24. The number of ether oxygens (including phenoxy) is 1. The van der Waals surface area contributed by atoms with Crippen LogP contribution in [-0.4, -0.2) is 25.8 Å². The maximum Gasteiger partial charge on any atom is 0.265 e. The first-order valence-electron chi connectivity index (χ1n) is 8.39. The Hall–Kier alpha value is -3.06. The number of anilines is 1. The van der Waals surface area contributed by atoms with Crippen LogP contribution in [-0.2, 0) is 14.8 Å². The molecule has 28 heavy (non-hydrogen) atoms. The summed E-state index contributed by atoms with van der Waals surface area (Å²) in [6, 6.07) is 12.0. The Labute approximate surface area is 162 Å². The van der Waals surface area contributed by atoms with Gasteiger partial charge in [0.05, 0.1) is 23.0 Å². The number of benzene rings is 2. The summed E-state index contributed by atoms with van der Waals surface area (Å²) in [7, 11) is -3.86. The van der Waals surface area contributed by atoms with Crippen molar-refractivity contribution in [3.8, 4) is 17.6 Å². The molecule has 1 aliphatic heterocycles. The molecule has 9 heteroatoms. The highest BCUT2D eigenvalue weighted by atomic mass is 32.2. The highest BCUT2D eigenvalue weighted by Gasteiger charge is 2.43. The molecule has 2 aromatic rings. The third-order valence-corrected chi connectivity index (χ3v) is 6.15. The van der Waals surface area contributed by atoms with Crippen LogP contribution in [0.25, 0.3) is 0 Å². The van der Waals surface area contributed by atoms with E-state index in [1.165, 1.54) is 10.4 Å². The lowest BCUT2D eigenvalue weighted by Gasteiger charge is -2.25. The molecule has 1 aliphatic rings. The first-order chi connectivity index (χ1) is 13.4. The van der Waals surface area contributed by atoms with Crippen molar-refractivity contribution < 1.29 is 23.2 Å². The molecular formula is C19H19N3O5S. The molecule has 8 nitrogen and oxygen atoms in total. The van der Waals surface area contributed by atoms with Gasteiger partial charge in [-0.15, -0.1) is 5.92 Å². The van der Waals surface area contributed by atoms with E-state index in [1.54, 1.807) is 54.9 Å². The van der Waals surface area contributed by atoms with Crippen molar-refractivity contribution in [3.05, 3.63) is 54.1 Å². The molecule has 0 saturated heterocycles. The van der Waals surface area contributed by atoms with Crippen LogP contribution < -0.4 is 20.3 Å². The van der Waals surface area contributed by atoms with Crippen LogP contribution >= 0.6 is 0 Å². The number of carbonyl (C=O) groups excluding carboxylic acids is 1. The fraction of sp³-hybridized carbons (Fsp3) is 0.211. The topological polar surface area (TPSA) is 122 Å². The van der Waals surface area contributed by atoms with E-state index in [9.17, 15) is 13.2 Å². The summed E-state index contributed by atoms with van der Waals surface area (Å²) in [6.45, 7) is 1.64. The normalized spacial score (nSPS) is 17.8. The van der Waals surface area contributed by atoms with Gasteiger partial charge in [0.1, 0.15) is 5.75 Å². The minimum Gasteiger partial charge on any atom is -0.464 e. The zero-order valence-corrected chi connectivity index (χ0v) is 15.8. The molecule has 0 aromatic heterocycles. The molecule has 0 aliphatic carbocycles. The highest BCUT2D eigenvalue weighted by Crippen LogP contribution is 2.44. The smallest absolute Gasteiger partial charge is 0.265 e. The molecule has 0 bridgehead atoms. The van der Waals surface area contributed by atoms with Crippen LogP contribution in [0.2, 0.25) is 0 Å². The predicted molar refractivity (Wildman–Crippen MR) is 102 cm³/mol. The maximum atomic E-state index is 13.1. The summed E-state index contributed by atoms with van der Waals surface area (Å²) in [5, 5.41) is 8.89. The molecule has 0 saturated carbocycles. The van der Waals surface area contributed by atoms with E-state index in [2.05, 4.69) is 11.8 Å².